The number of hydrogen-bond donors (Lipinski definition) is 2. The van der Waals surface area contributed by atoms with Gasteiger partial charge in [-0.2, -0.15) is 13.2 Å². The van der Waals surface area contributed by atoms with Crippen LogP contribution >= 0.6 is 0 Å². The summed E-state index contributed by atoms with van der Waals surface area (Å²) in [4.78, 5) is 22.9. The fourth-order valence-corrected chi connectivity index (χ4v) is 3.21. The van der Waals surface area contributed by atoms with Gasteiger partial charge in [-0.3, -0.25) is 0 Å². The predicted octanol–water partition coefficient (Wildman–Crippen LogP) is 2.68. The topological polar surface area (TPSA) is 119 Å². The van der Waals surface area contributed by atoms with E-state index in [9.17, 15) is 36.3 Å². The first-order valence-electron chi connectivity index (χ1n) is 8.38. The maximum Gasteiger partial charge on any atom is 0.501 e. The molecule has 8 nitrogen and oxygen atoms in total. The summed E-state index contributed by atoms with van der Waals surface area (Å²) in [5.41, 5.74) is -7.01. The molecule has 0 aliphatic carbocycles. The molecule has 0 saturated heterocycles. The smallest absolute Gasteiger partial charge is 0.501 e. The number of carbonyl (C=O) groups is 2. The van der Waals surface area contributed by atoms with E-state index in [1.807, 2.05) is 0 Å². The molecule has 0 fully saturated rings. The zero-order valence-electron chi connectivity index (χ0n) is 16.2. The van der Waals surface area contributed by atoms with Crippen molar-refractivity contribution in [3.8, 4) is 5.75 Å². The van der Waals surface area contributed by atoms with Gasteiger partial charge >= 0.3 is 17.6 Å². The van der Waals surface area contributed by atoms with Gasteiger partial charge < -0.3 is 19.9 Å². The Morgan fingerprint density at radius 1 is 1.21 bits per heavy atom. The number of nitrogens with one attached hydrogen (secondary N) is 1. The van der Waals surface area contributed by atoms with Crippen LogP contribution < -0.4 is 5.32 Å². The van der Waals surface area contributed by atoms with Crippen LogP contribution in [-0.4, -0.2) is 49.3 Å². The van der Waals surface area contributed by atoms with Gasteiger partial charge in [0.25, 0.3) is 9.84 Å². The van der Waals surface area contributed by atoms with E-state index in [0.29, 0.717) is 6.07 Å². The summed E-state index contributed by atoms with van der Waals surface area (Å²) in [5, 5.41) is 11.6. The molecule has 164 valence electrons. The molecule has 1 rings (SSSR count). The summed E-state index contributed by atoms with van der Waals surface area (Å²) in [6.45, 7) is 6.05. The number of benzene rings is 1. The summed E-state index contributed by atoms with van der Waals surface area (Å²) < 4.78 is 72.5. The van der Waals surface area contributed by atoms with Crippen LogP contribution in [0.1, 0.15) is 33.3 Å². The molecule has 0 aliphatic rings. The molecular weight excluding hydrogens is 419 g/mol. The van der Waals surface area contributed by atoms with Crippen molar-refractivity contribution < 1.29 is 45.8 Å². The molecule has 1 aromatic carbocycles. The molecule has 0 radical (unpaired) electrons. The summed E-state index contributed by atoms with van der Waals surface area (Å²) in [6.07, 6.45) is -1.70. The number of phenols is 1. The summed E-state index contributed by atoms with van der Waals surface area (Å²) in [6, 6.07) is 0.766. The SMILES string of the molecule is CCOC(=O)[C@H](Cc1ccc(O)cc1S(=O)(=O)C(F)(F)F)NC(=O)OC(C)(C)C. The van der Waals surface area contributed by atoms with Gasteiger partial charge in [-0.15, -0.1) is 0 Å². The Bertz CT molecular complexity index is 861. The van der Waals surface area contributed by atoms with E-state index in [2.05, 4.69) is 5.32 Å². The van der Waals surface area contributed by atoms with Gasteiger partial charge in [0, 0.05) is 6.42 Å². The van der Waals surface area contributed by atoms with Crippen molar-refractivity contribution in [2.24, 2.45) is 0 Å². The van der Waals surface area contributed by atoms with E-state index in [1.54, 1.807) is 20.8 Å². The Labute approximate surface area is 165 Å². The zero-order valence-corrected chi connectivity index (χ0v) is 17.0. The predicted molar refractivity (Wildman–Crippen MR) is 94.8 cm³/mol. The average Bonchev–Trinajstić information content (AvgIpc) is 2.53. The van der Waals surface area contributed by atoms with Crippen LogP contribution in [0.25, 0.3) is 0 Å². The van der Waals surface area contributed by atoms with Crippen molar-refractivity contribution in [2.75, 3.05) is 6.61 Å². The van der Waals surface area contributed by atoms with Crippen LogP contribution in [-0.2, 0) is 30.5 Å². The summed E-state index contributed by atoms with van der Waals surface area (Å²) in [7, 11) is -5.83. The molecular formula is C17H22F3NO7S. The van der Waals surface area contributed by atoms with E-state index in [-0.39, 0.29) is 6.61 Å². The number of sulfone groups is 1. The van der Waals surface area contributed by atoms with Crippen molar-refractivity contribution in [1.29, 1.82) is 0 Å². The Morgan fingerprint density at radius 3 is 2.28 bits per heavy atom. The van der Waals surface area contributed by atoms with Crippen molar-refractivity contribution in [3.63, 3.8) is 0 Å². The minimum absolute atomic E-state index is 0.0887. The standard InChI is InChI=1S/C17H22F3NO7S/c1-5-27-14(23)12(21-15(24)28-16(2,3)4)8-10-6-7-11(22)9-13(10)29(25,26)17(18,19)20/h6-7,9,12,22H,5,8H2,1-4H3,(H,21,24)/t12-/m0/s1. The van der Waals surface area contributed by atoms with Gasteiger partial charge in [-0.05, 0) is 45.4 Å². The largest absolute Gasteiger partial charge is 0.508 e. The van der Waals surface area contributed by atoms with Gasteiger partial charge in [-0.1, -0.05) is 6.07 Å². The third-order valence-corrected chi connectivity index (χ3v) is 4.90. The number of ether oxygens (including phenoxy) is 2. The Morgan fingerprint density at radius 2 is 1.79 bits per heavy atom. The first kappa shape index (κ1) is 24.5. The Balaban J connectivity index is 3.33. The number of phenolic OH excluding ortho intramolecular Hbond substituents is 1. The lowest BCUT2D eigenvalue weighted by molar-refractivity contribution is -0.145. The molecule has 1 atom stereocenters. The van der Waals surface area contributed by atoms with Crippen LogP contribution in [0.15, 0.2) is 23.1 Å². The van der Waals surface area contributed by atoms with E-state index < -0.39 is 61.7 Å². The second-order valence-corrected chi connectivity index (χ2v) is 8.81. The van der Waals surface area contributed by atoms with Gasteiger partial charge in [0.1, 0.15) is 17.4 Å². The van der Waals surface area contributed by atoms with Crippen LogP contribution in [0.2, 0.25) is 0 Å². The molecule has 1 amide bonds. The third-order valence-electron chi connectivity index (χ3n) is 3.33. The highest BCUT2D eigenvalue weighted by Gasteiger charge is 2.48. The molecule has 0 unspecified atom stereocenters. The first-order chi connectivity index (χ1) is 13.1. The number of esters is 1. The molecule has 0 saturated carbocycles. The number of hydrogen-bond acceptors (Lipinski definition) is 7. The maximum absolute atomic E-state index is 13.0. The number of carbonyl (C=O) groups excluding carboxylic acids is 2. The van der Waals surface area contributed by atoms with Crippen molar-refractivity contribution in [2.45, 2.75) is 56.2 Å². The normalized spacial score (nSPS) is 13.5. The first-order valence-corrected chi connectivity index (χ1v) is 9.86. The maximum atomic E-state index is 13.0. The minimum atomic E-state index is -5.83. The van der Waals surface area contributed by atoms with Gasteiger partial charge in [0.05, 0.1) is 11.5 Å². The minimum Gasteiger partial charge on any atom is -0.508 e. The monoisotopic (exact) mass is 441 g/mol. The molecule has 29 heavy (non-hydrogen) atoms. The molecule has 0 spiro atoms. The molecule has 2 N–H and O–H groups in total. The average molecular weight is 441 g/mol. The van der Waals surface area contributed by atoms with E-state index in [1.165, 1.54) is 6.92 Å². The number of amides is 1. The van der Waals surface area contributed by atoms with Crippen molar-refractivity contribution in [3.05, 3.63) is 23.8 Å². The van der Waals surface area contributed by atoms with Crippen LogP contribution in [0.3, 0.4) is 0 Å². The van der Waals surface area contributed by atoms with Crippen LogP contribution in [0, 0.1) is 0 Å². The number of alkyl halides is 3. The number of alkyl carbamates (subject to hydrolysis) is 1. The van der Waals surface area contributed by atoms with Crippen molar-refractivity contribution >= 4 is 21.9 Å². The highest BCUT2D eigenvalue weighted by molar-refractivity contribution is 7.92. The molecule has 0 bridgehead atoms. The highest BCUT2D eigenvalue weighted by atomic mass is 32.2. The van der Waals surface area contributed by atoms with E-state index in [4.69, 9.17) is 9.47 Å². The molecule has 0 heterocycles. The quantitative estimate of drug-likeness (QED) is 0.652. The second kappa shape index (κ2) is 8.89. The highest BCUT2D eigenvalue weighted by Crippen LogP contribution is 2.34. The molecule has 12 heteroatoms. The number of aromatic hydroxyl groups is 1. The zero-order chi connectivity index (χ0) is 22.6. The third kappa shape index (κ3) is 6.80. The summed E-state index contributed by atoms with van der Waals surface area (Å²) >= 11 is 0. The Kier molecular flexibility index (Phi) is 7.52. The molecule has 1 aromatic rings. The van der Waals surface area contributed by atoms with Gasteiger partial charge in [0.15, 0.2) is 0 Å². The second-order valence-electron chi connectivity index (χ2n) is 6.90. The lowest BCUT2D eigenvalue weighted by Gasteiger charge is -2.23. The number of rotatable bonds is 6. The van der Waals surface area contributed by atoms with E-state index >= 15 is 0 Å². The van der Waals surface area contributed by atoms with Crippen molar-refractivity contribution in [1.82, 2.24) is 5.32 Å². The summed E-state index contributed by atoms with van der Waals surface area (Å²) in [5.74, 6) is -1.72. The van der Waals surface area contributed by atoms with Crippen LogP contribution in [0.4, 0.5) is 18.0 Å². The lowest BCUT2D eigenvalue weighted by atomic mass is 10.1. The van der Waals surface area contributed by atoms with E-state index in [0.717, 1.165) is 12.1 Å². The fraction of sp³-hybridized carbons (Fsp3) is 0.529. The molecule has 0 aromatic heterocycles. The fourth-order valence-electron chi connectivity index (χ4n) is 2.19. The lowest BCUT2D eigenvalue weighted by Crippen LogP contribution is -2.45. The molecule has 0 aliphatic heterocycles. The van der Waals surface area contributed by atoms with Gasteiger partial charge in [-0.25, -0.2) is 18.0 Å². The van der Waals surface area contributed by atoms with Crippen LogP contribution in [0.5, 0.6) is 5.75 Å². The van der Waals surface area contributed by atoms with Gasteiger partial charge in [0.2, 0.25) is 0 Å². The Hall–Kier alpha value is -2.50. The number of halogens is 3.